The SMILES string of the molecule is CC(C)NC(=O)CCCN(C)S(=O)(=O)c1ccc2c(c1)C(=O)c1ccccc1C2=O. The van der Waals surface area contributed by atoms with Crippen molar-refractivity contribution in [2.75, 3.05) is 13.6 Å². The number of nitrogens with zero attached hydrogens (tertiary/aromatic N) is 1. The maximum atomic E-state index is 12.9. The van der Waals surface area contributed by atoms with Gasteiger partial charge < -0.3 is 5.32 Å². The quantitative estimate of drug-likeness (QED) is 0.623. The van der Waals surface area contributed by atoms with Crippen LogP contribution in [0.15, 0.2) is 47.4 Å². The molecule has 1 amide bonds. The van der Waals surface area contributed by atoms with Crippen molar-refractivity contribution in [3.05, 3.63) is 64.7 Å². The molecule has 1 aliphatic rings. The van der Waals surface area contributed by atoms with Crippen LogP contribution in [0.3, 0.4) is 0 Å². The summed E-state index contributed by atoms with van der Waals surface area (Å²) in [5.74, 6) is -0.800. The van der Waals surface area contributed by atoms with Crippen LogP contribution in [0, 0.1) is 0 Å². The van der Waals surface area contributed by atoms with Crippen molar-refractivity contribution in [2.24, 2.45) is 0 Å². The van der Waals surface area contributed by atoms with Gasteiger partial charge in [-0.3, -0.25) is 14.4 Å². The van der Waals surface area contributed by atoms with Crippen molar-refractivity contribution in [1.82, 2.24) is 9.62 Å². The summed E-state index contributed by atoms with van der Waals surface area (Å²) in [6.45, 7) is 3.87. The molecule has 0 unspecified atom stereocenters. The number of hydrogen-bond acceptors (Lipinski definition) is 5. The fourth-order valence-electron chi connectivity index (χ4n) is 3.40. The van der Waals surface area contributed by atoms with E-state index >= 15 is 0 Å². The van der Waals surface area contributed by atoms with Gasteiger partial charge in [-0.2, -0.15) is 0 Å². The summed E-state index contributed by atoms with van der Waals surface area (Å²) in [5, 5.41) is 2.76. The van der Waals surface area contributed by atoms with Crippen molar-refractivity contribution in [2.45, 2.75) is 37.6 Å². The van der Waals surface area contributed by atoms with Crippen LogP contribution in [0.5, 0.6) is 0 Å². The normalized spacial score (nSPS) is 13.4. The van der Waals surface area contributed by atoms with E-state index in [-0.39, 0.29) is 58.1 Å². The van der Waals surface area contributed by atoms with Crippen LogP contribution in [0.25, 0.3) is 0 Å². The third kappa shape index (κ3) is 4.20. The number of fused-ring (bicyclic) bond motifs is 2. The predicted octanol–water partition coefficient (Wildman–Crippen LogP) is 2.39. The predicted molar refractivity (Wildman–Crippen MR) is 112 cm³/mol. The van der Waals surface area contributed by atoms with Crippen molar-refractivity contribution in [3.8, 4) is 0 Å². The van der Waals surface area contributed by atoms with Crippen LogP contribution in [0.1, 0.15) is 58.5 Å². The molecule has 1 aliphatic carbocycles. The zero-order valence-electron chi connectivity index (χ0n) is 17.1. The van der Waals surface area contributed by atoms with E-state index < -0.39 is 10.0 Å². The lowest BCUT2D eigenvalue weighted by Gasteiger charge is -2.20. The Bertz CT molecular complexity index is 1120. The highest BCUT2D eigenvalue weighted by Crippen LogP contribution is 2.29. The molecular formula is C22H24N2O5S. The molecule has 0 aliphatic heterocycles. The fraction of sp³-hybridized carbons (Fsp3) is 0.318. The molecule has 0 saturated heterocycles. The van der Waals surface area contributed by atoms with Gasteiger partial charge in [0.05, 0.1) is 4.90 Å². The maximum Gasteiger partial charge on any atom is 0.242 e. The number of hydrogen-bond donors (Lipinski definition) is 1. The van der Waals surface area contributed by atoms with Crippen molar-refractivity contribution in [3.63, 3.8) is 0 Å². The summed E-state index contributed by atoms with van der Waals surface area (Å²) in [5.41, 5.74) is 0.881. The zero-order chi connectivity index (χ0) is 22.1. The molecule has 0 radical (unpaired) electrons. The monoisotopic (exact) mass is 428 g/mol. The molecule has 0 atom stereocenters. The molecule has 0 saturated carbocycles. The van der Waals surface area contributed by atoms with Gasteiger partial charge in [-0.25, -0.2) is 12.7 Å². The Labute approximate surface area is 176 Å². The smallest absolute Gasteiger partial charge is 0.242 e. The van der Waals surface area contributed by atoms with Crippen LogP contribution in [0.4, 0.5) is 0 Å². The first-order valence-corrected chi connectivity index (χ1v) is 11.1. The molecule has 0 bridgehead atoms. The van der Waals surface area contributed by atoms with Gasteiger partial charge in [0.15, 0.2) is 11.6 Å². The van der Waals surface area contributed by atoms with Gasteiger partial charge in [-0.15, -0.1) is 0 Å². The largest absolute Gasteiger partial charge is 0.354 e. The van der Waals surface area contributed by atoms with Crippen molar-refractivity contribution < 1.29 is 22.8 Å². The van der Waals surface area contributed by atoms with E-state index in [0.29, 0.717) is 12.0 Å². The Morgan fingerprint density at radius 2 is 1.53 bits per heavy atom. The first kappa shape index (κ1) is 21.9. The van der Waals surface area contributed by atoms with Gasteiger partial charge >= 0.3 is 0 Å². The minimum Gasteiger partial charge on any atom is -0.354 e. The third-order valence-electron chi connectivity index (χ3n) is 4.93. The van der Waals surface area contributed by atoms with E-state index in [9.17, 15) is 22.8 Å². The Hall–Kier alpha value is -2.84. The number of carbonyl (C=O) groups excluding carboxylic acids is 3. The summed E-state index contributed by atoms with van der Waals surface area (Å²) in [6, 6.07) is 10.5. The second-order valence-corrected chi connectivity index (χ2v) is 9.61. The number of rotatable bonds is 7. The number of ketones is 2. The zero-order valence-corrected chi connectivity index (χ0v) is 18.0. The number of sulfonamides is 1. The molecule has 158 valence electrons. The highest BCUT2D eigenvalue weighted by molar-refractivity contribution is 7.89. The average Bonchev–Trinajstić information content (AvgIpc) is 2.71. The van der Waals surface area contributed by atoms with Crippen LogP contribution in [-0.4, -0.2) is 49.8 Å². The molecule has 1 N–H and O–H groups in total. The Kier molecular flexibility index (Phi) is 6.19. The standard InChI is InChI=1S/C22H24N2O5S/c1-14(2)23-20(25)9-6-12-24(3)30(28,29)15-10-11-18-19(13-15)22(27)17-8-5-4-7-16(17)21(18)26/h4-5,7-8,10-11,13-14H,6,9,12H2,1-3H3,(H,23,25). The second kappa shape index (κ2) is 8.49. The lowest BCUT2D eigenvalue weighted by Crippen LogP contribution is -2.32. The minimum atomic E-state index is -3.87. The molecule has 0 aromatic heterocycles. The van der Waals surface area contributed by atoms with E-state index in [1.165, 1.54) is 25.2 Å². The van der Waals surface area contributed by atoms with Gasteiger partial charge in [-0.1, -0.05) is 24.3 Å². The molecule has 0 heterocycles. The van der Waals surface area contributed by atoms with Gasteiger partial charge in [0, 0.05) is 48.3 Å². The molecule has 2 aromatic carbocycles. The number of amides is 1. The van der Waals surface area contributed by atoms with E-state index in [1.54, 1.807) is 24.3 Å². The van der Waals surface area contributed by atoms with Gasteiger partial charge in [0.2, 0.25) is 15.9 Å². The van der Waals surface area contributed by atoms with Crippen molar-refractivity contribution >= 4 is 27.5 Å². The minimum absolute atomic E-state index is 0.0276. The summed E-state index contributed by atoms with van der Waals surface area (Å²) in [6.07, 6.45) is 0.579. The van der Waals surface area contributed by atoms with E-state index in [0.717, 1.165) is 4.31 Å². The molecule has 7 nitrogen and oxygen atoms in total. The molecule has 3 rings (SSSR count). The number of nitrogens with one attached hydrogen (secondary N) is 1. The summed E-state index contributed by atoms with van der Waals surface area (Å²) >= 11 is 0. The lowest BCUT2D eigenvalue weighted by atomic mass is 9.84. The molecule has 0 spiro atoms. The highest BCUT2D eigenvalue weighted by atomic mass is 32.2. The maximum absolute atomic E-state index is 12.9. The lowest BCUT2D eigenvalue weighted by molar-refractivity contribution is -0.121. The van der Waals surface area contributed by atoms with Crippen LogP contribution in [-0.2, 0) is 14.8 Å². The van der Waals surface area contributed by atoms with Gasteiger partial charge in [0.1, 0.15) is 0 Å². The number of benzene rings is 2. The first-order chi connectivity index (χ1) is 14.1. The highest BCUT2D eigenvalue weighted by Gasteiger charge is 2.31. The molecular weight excluding hydrogens is 404 g/mol. The second-order valence-electron chi connectivity index (χ2n) is 7.56. The van der Waals surface area contributed by atoms with Crippen molar-refractivity contribution in [1.29, 1.82) is 0 Å². The first-order valence-electron chi connectivity index (χ1n) is 9.71. The molecule has 8 heteroatoms. The molecule has 0 fully saturated rings. The average molecular weight is 429 g/mol. The van der Waals surface area contributed by atoms with Crippen LogP contribution >= 0.6 is 0 Å². The van der Waals surface area contributed by atoms with Crippen LogP contribution in [0.2, 0.25) is 0 Å². The topological polar surface area (TPSA) is 101 Å². The van der Waals surface area contributed by atoms with Crippen LogP contribution < -0.4 is 5.32 Å². The fourth-order valence-corrected chi connectivity index (χ4v) is 4.63. The Morgan fingerprint density at radius 1 is 0.967 bits per heavy atom. The van der Waals surface area contributed by atoms with E-state index in [2.05, 4.69) is 5.32 Å². The Morgan fingerprint density at radius 3 is 2.13 bits per heavy atom. The molecule has 2 aromatic rings. The number of carbonyl (C=O) groups is 3. The summed E-state index contributed by atoms with van der Waals surface area (Å²) < 4.78 is 27.0. The molecule has 30 heavy (non-hydrogen) atoms. The van der Waals surface area contributed by atoms with E-state index in [1.807, 2.05) is 13.8 Å². The third-order valence-corrected chi connectivity index (χ3v) is 6.78. The van der Waals surface area contributed by atoms with Gasteiger partial charge in [-0.05, 0) is 38.5 Å². The van der Waals surface area contributed by atoms with E-state index in [4.69, 9.17) is 0 Å². The Balaban J connectivity index is 1.80. The summed E-state index contributed by atoms with van der Waals surface area (Å²) in [7, 11) is -2.45. The van der Waals surface area contributed by atoms with Gasteiger partial charge in [0.25, 0.3) is 0 Å². The summed E-state index contributed by atoms with van der Waals surface area (Å²) in [4.78, 5) is 37.2.